The van der Waals surface area contributed by atoms with E-state index in [-0.39, 0.29) is 18.7 Å². The molecule has 0 aliphatic rings. The number of hydrogen-bond acceptors (Lipinski definition) is 5. The van der Waals surface area contributed by atoms with E-state index < -0.39 is 35.6 Å². The molecule has 214 valence electrons. The summed E-state index contributed by atoms with van der Waals surface area (Å²) in [5.74, 6) is -1.32. The molecule has 4 amide bonds. The molecule has 1 rings (SSSR count). The Morgan fingerprint density at radius 1 is 0.947 bits per heavy atom. The first-order valence-electron chi connectivity index (χ1n) is 13.9. The molecular weight excluding hydrogens is 484 g/mol. The molecule has 0 radical (unpaired) electrons. The summed E-state index contributed by atoms with van der Waals surface area (Å²) in [6.07, 6.45) is 5.60. The van der Waals surface area contributed by atoms with Crippen molar-refractivity contribution in [2.24, 2.45) is 5.73 Å². The van der Waals surface area contributed by atoms with Gasteiger partial charge < -0.3 is 26.0 Å². The number of alkyl carbamates (subject to hydrolysis) is 1. The third kappa shape index (κ3) is 12.9. The van der Waals surface area contributed by atoms with Gasteiger partial charge in [0, 0.05) is 19.5 Å². The maximum Gasteiger partial charge on any atom is 0.408 e. The Morgan fingerprint density at radius 2 is 1.58 bits per heavy atom. The lowest BCUT2D eigenvalue weighted by Crippen LogP contribution is -2.53. The molecule has 9 heteroatoms. The van der Waals surface area contributed by atoms with Crippen molar-refractivity contribution in [1.82, 2.24) is 15.5 Å². The van der Waals surface area contributed by atoms with Gasteiger partial charge in [0.05, 0.1) is 0 Å². The van der Waals surface area contributed by atoms with Gasteiger partial charge in [0.2, 0.25) is 17.7 Å². The molecule has 38 heavy (non-hydrogen) atoms. The van der Waals surface area contributed by atoms with Gasteiger partial charge in [0.15, 0.2) is 0 Å². The third-order valence-electron chi connectivity index (χ3n) is 5.96. The number of ether oxygens (including phenoxy) is 1. The molecule has 9 nitrogen and oxygen atoms in total. The van der Waals surface area contributed by atoms with Gasteiger partial charge in [0.25, 0.3) is 0 Å². The maximum absolute atomic E-state index is 14.0. The molecule has 1 aromatic carbocycles. The van der Waals surface area contributed by atoms with Crippen molar-refractivity contribution < 1.29 is 23.9 Å². The predicted molar refractivity (Wildman–Crippen MR) is 149 cm³/mol. The fourth-order valence-electron chi connectivity index (χ4n) is 4.06. The van der Waals surface area contributed by atoms with E-state index in [0.29, 0.717) is 25.1 Å². The first-order chi connectivity index (χ1) is 18.0. The molecule has 0 aliphatic heterocycles. The molecule has 0 aromatic heterocycles. The van der Waals surface area contributed by atoms with E-state index in [1.807, 2.05) is 30.3 Å². The number of nitrogens with two attached hydrogens (primary N) is 1. The lowest BCUT2D eigenvalue weighted by Gasteiger charge is -2.34. The van der Waals surface area contributed by atoms with E-state index >= 15 is 0 Å². The SMILES string of the molecule is CCCCCCN(C(=O)C(CCC(N)=O)NC(=O)OC(C)(C)C)C(C(=O)NCCCCC)c1ccccc1. The van der Waals surface area contributed by atoms with Crippen LogP contribution in [0.15, 0.2) is 30.3 Å². The average Bonchev–Trinajstić information content (AvgIpc) is 2.85. The number of rotatable bonds is 17. The van der Waals surface area contributed by atoms with Crippen molar-refractivity contribution in [2.45, 2.75) is 110 Å². The van der Waals surface area contributed by atoms with Crippen LogP contribution in [0, 0.1) is 0 Å². The quantitative estimate of drug-likeness (QED) is 0.252. The Morgan fingerprint density at radius 3 is 2.16 bits per heavy atom. The molecule has 0 saturated heterocycles. The van der Waals surface area contributed by atoms with Gasteiger partial charge in [-0.3, -0.25) is 14.4 Å². The number of carbonyl (C=O) groups is 4. The highest BCUT2D eigenvalue weighted by molar-refractivity contribution is 5.92. The summed E-state index contributed by atoms with van der Waals surface area (Å²) in [6.45, 7) is 10.2. The number of primary amides is 1. The Balaban J connectivity index is 3.37. The van der Waals surface area contributed by atoms with Crippen molar-refractivity contribution in [3.05, 3.63) is 35.9 Å². The van der Waals surface area contributed by atoms with Crippen LogP contribution in [0.4, 0.5) is 4.79 Å². The number of benzene rings is 1. The van der Waals surface area contributed by atoms with Crippen LogP contribution in [0.1, 0.15) is 104 Å². The van der Waals surface area contributed by atoms with Crippen LogP contribution in [-0.2, 0) is 19.1 Å². The van der Waals surface area contributed by atoms with Crippen LogP contribution in [0.2, 0.25) is 0 Å². The predicted octanol–water partition coefficient (Wildman–Crippen LogP) is 4.60. The minimum Gasteiger partial charge on any atom is -0.444 e. The number of hydrogen-bond donors (Lipinski definition) is 3. The van der Waals surface area contributed by atoms with Gasteiger partial charge in [-0.25, -0.2) is 4.79 Å². The number of carbonyl (C=O) groups excluding carboxylic acids is 4. The normalized spacial score (nSPS) is 12.8. The Kier molecular flexibility index (Phi) is 15.1. The topological polar surface area (TPSA) is 131 Å². The monoisotopic (exact) mass is 532 g/mol. The molecule has 0 bridgehead atoms. The number of nitrogens with zero attached hydrogens (tertiary/aromatic N) is 1. The molecule has 0 saturated carbocycles. The van der Waals surface area contributed by atoms with E-state index in [1.54, 1.807) is 20.8 Å². The van der Waals surface area contributed by atoms with Crippen molar-refractivity contribution in [3.63, 3.8) is 0 Å². The highest BCUT2D eigenvalue weighted by Crippen LogP contribution is 2.24. The summed E-state index contributed by atoms with van der Waals surface area (Å²) in [5.41, 5.74) is 5.27. The van der Waals surface area contributed by atoms with Crippen molar-refractivity contribution in [3.8, 4) is 0 Å². The summed E-state index contributed by atoms with van der Waals surface area (Å²) in [7, 11) is 0. The maximum atomic E-state index is 14.0. The second kappa shape index (κ2) is 17.4. The van der Waals surface area contributed by atoms with Gasteiger partial charge in [-0.1, -0.05) is 76.3 Å². The number of amides is 4. The minimum atomic E-state index is -1.08. The van der Waals surface area contributed by atoms with E-state index in [1.165, 1.54) is 4.90 Å². The Labute approximate surface area is 228 Å². The first kappa shape index (κ1) is 32.9. The van der Waals surface area contributed by atoms with E-state index in [0.717, 1.165) is 38.5 Å². The zero-order valence-corrected chi connectivity index (χ0v) is 23.9. The lowest BCUT2D eigenvalue weighted by atomic mass is 10.0. The highest BCUT2D eigenvalue weighted by atomic mass is 16.6. The summed E-state index contributed by atoms with van der Waals surface area (Å²) in [4.78, 5) is 53.3. The summed E-state index contributed by atoms with van der Waals surface area (Å²) in [6, 6.07) is 7.19. The molecule has 0 spiro atoms. The number of unbranched alkanes of at least 4 members (excludes halogenated alkanes) is 5. The van der Waals surface area contributed by atoms with Crippen molar-refractivity contribution >= 4 is 23.8 Å². The second-order valence-corrected chi connectivity index (χ2v) is 10.6. The molecule has 4 N–H and O–H groups in total. The zero-order valence-electron chi connectivity index (χ0n) is 23.9. The number of nitrogens with one attached hydrogen (secondary N) is 2. The Bertz CT molecular complexity index is 869. The van der Waals surface area contributed by atoms with Gasteiger partial charge in [0.1, 0.15) is 17.7 Å². The smallest absolute Gasteiger partial charge is 0.408 e. The van der Waals surface area contributed by atoms with E-state index in [4.69, 9.17) is 10.5 Å². The van der Waals surface area contributed by atoms with E-state index in [9.17, 15) is 19.2 Å². The molecule has 2 unspecified atom stereocenters. The largest absolute Gasteiger partial charge is 0.444 e. The lowest BCUT2D eigenvalue weighted by molar-refractivity contribution is -0.142. The minimum absolute atomic E-state index is 0.00149. The highest BCUT2D eigenvalue weighted by Gasteiger charge is 2.36. The molecule has 2 atom stereocenters. The van der Waals surface area contributed by atoms with Gasteiger partial charge in [-0.15, -0.1) is 0 Å². The summed E-state index contributed by atoms with van der Waals surface area (Å²) >= 11 is 0. The Hall–Kier alpha value is -3.10. The van der Waals surface area contributed by atoms with Gasteiger partial charge >= 0.3 is 6.09 Å². The second-order valence-electron chi connectivity index (χ2n) is 10.6. The average molecular weight is 533 g/mol. The van der Waals surface area contributed by atoms with E-state index in [2.05, 4.69) is 24.5 Å². The molecule has 1 aromatic rings. The third-order valence-corrected chi connectivity index (χ3v) is 5.96. The standard InChI is InChI=1S/C29H48N4O5/c1-6-8-10-15-21-33(25(22-16-12-11-13-17-22)26(35)31-20-14-9-7-2)27(36)23(18-19-24(30)34)32-28(37)38-29(3,4)5/h11-13,16-17,23,25H,6-10,14-15,18-21H2,1-5H3,(H2,30,34)(H,31,35)(H,32,37). The fourth-order valence-corrected chi connectivity index (χ4v) is 4.06. The van der Waals surface area contributed by atoms with Crippen LogP contribution in [-0.4, -0.2) is 53.4 Å². The van der Waals surface area contributed by atoms with Crippen LogP contribution in [0.3, 0.4) is 0 Å². The van der Waals surface area contributed by atoms with Crippen LogP contribution < -0.4 is 16.4 Å². The molecule has 0 aliphatic carbocycles. The van der Waals surface area contributed by atoms with Crippen LogP contribution >= 0.6 is 0 Å². The summed E-state index contributed by atoms with van der Waals surface area (Å²) in [5, 5.41) is 5.62. The fraction of sp³-hybridized carbons (Fsp3) is 0.655. The molecular formula is C29H48N4O5. The summed E-state index contributed by atoms with van der Waals surface area (Å²) < 4.78 is 5.37. The van der Waals surface area contributed by atoms with Gasteiger partial charge in [-0.05, 0) is 45.6 Å². The molecule has 0 heterocycles. The van der Waals surface area contributed by atoms with Crippen molar-refractivity contribution in [2.75, 3.05) is 13.1 Å². The van der Waals surface area contributed by atoms with Crippen LogP contribution in [0.5, 0.6) is 0 Å². The first-order valence-corrected chi connectivity index (χ1v) is 13.9. The van der Waals surface area contributed by atoms with Crippen molar-refractivity contribution in [1.29, 1.82) is 0 Å². The molecule has 0 fully saturated rings. The van der Waals surface area contributed by atoms with Gasteiger partial charge in [-0.2, -0.15) is 0 Å². The zero-order chi connectivity index (χ0) is 28.6. The van der Waals surface area contributed by atoms with Crippen LogP contribution in [0.25, 0.3) is 0 Å².